The fourth-order valence-electron chi connectivity index (χ4n) is 0.614. The maximum absolute atomic E-state index is 9.78. The van der Waals surface area contributed by atoms with Gasteiger partial charge in [0.15, 0.2) is 6.23 Å². The van der Waals surface area contributed by atoms with Crippen LogP contribution in [0.4, 0.5) is 0 Å². The van der Waals surface area contributed by atoms with Gasteiger partial charge in [-0.25, -0.2) is 0 Å². The summed E-state index contributed by atoms with van der Waals surface area (Å²) in [5, 5.41) is 0.135. The van der Waals surface area contributed by atoms with Crippen LogP contribution < -0.4 is 11.5 Å². The van der Waals surface area contributed by atoms with E-state index in [-0.39, 0.29) is 5.25 Å². The fourth-order valence-corrected chi connectivity index (χ4v) is 0.763. The number of nitrogens with two attached hydrogens (primary N) is 2. The van der Waals surface area contributed by atoms with Crippen molar-refractivity contribution in [1.29, 1.82) is 0 Å². The van der Waals surface area contributed by atoms with Gasteiger partial charge in [0.25, 0.3) is 6.47 Å². The molecule has 4 N–H and O–H groups in total. The highest BCUT2D eigenvalue weighted by Gasteiger charge is 2.05. The molecule has 0 bridgehead atoms. The van der Waals surface area contributed by atoms with Crippen molar-refractivity contribution in [2.75, 3.05) is 6.54 Å². The van der Waals surface area contributed by atoms with Gasteiger partial charge < -0.3 is 10.5 Å². The molecule has 0 aromatic carbocycles. The number of thiol groups is 1. The average molecular weight is 178 g/mol. The van der Waals surface area contributed by atoms with Gasteiger partial charge in [0, 0.05) is 11.8 Å². The Morgan fingerprint density at radius 2 is 2.18 bits per heavy atom. The monoisotopic (exact) mass is 178 g/mol. The van der Waals surface area contributed by atoms with Gasteiger partial charge in [-0.05, 0) is 12.8 Å². The predicted molar refractivity (Wildman–Crippen MR) is 46.2 cm³/mol. The molecule has 0 heterocycles. The summed E-state index contributed by atoms with van der Waals surface area (Å²) in [6, 6.07) is 0. The standard InChI is InChI=1S/C6H14N2O2S/c7-3-5(11)1-2-6(8)10-4-9/h4-6,11H,1-3,7-8H2. The maximum Gasteiger partial charge on any atom is 0.294 e. The molecule has 0 aliphatic carbocycles. The molecule has 2 unspecified atom stereocenters. The molecule has 0 aromatic rings. The molecule has 0 spiro atoms. The number of carbonyl (C=O) groups is 1. The molecule has 66 valence electrons. The normalized spacial score (nSPS) is 15.5. The van der Waals surface area contributed by atoms with Crippen LogP contribution >= 0.6 is 12.6 Å². The highest BCUT2D eigenvalue weighted by Crippen LogP contribution is 2.04. The Labute approximate surface area is 71.7 Å². The zero-order chi connectivity index (χ0) is 8.69. The Kier molecular flexibility index (Phi) is 6.30. The molecule has 0 rings (SSSR count). The fraction of sp³-hybridized carbons (Fsp3) is 0.833. The summed E-state index contributed by atoms with van der Waals surface area (Å²) in [6.45, 7) is 0.859. The Morgan fingerprint density at radius 1 is 1.55 bits per heavy atom. The van der Waals surface area contributed by atoms with Gasteiger partial charge in [-0.3, -0.25) is 10.5 Å². The second kappa shape index (κ2) is 6.45. The second-order valence-electron chi connectivity index (χ2n) is 2.24. The summed E-state index contributed by atoms with van der Waals surface area (Å²) < 4.78 is 4.46. The van der Waals surface area contributed by atoms with Gasteiger partial charge in [-0.2, -0.15) is 12.6 Å². The molecule has 0 radical (unpaired) electrons. The molecule has 0 saturated carbocycles. The van der Waals surface area contributed by atoms with Crippen LogP contribution in [0.1, 0.15) is 12.8 Å². The van der Waals surface area contributed by atoms with Crippen molar-refractivity contribution in [3.8, 4) is 0 Å². The number of hydrogen-bond acceptors (Lipinski definition) is 5. The molecule has 11 heavy (non-hydrogen) atoms. The van der Waals surface area contributed by atoms with Crippen LogP contribution in [0.5, 0.6) is 0 Å². The average Bonchev–Trinajstić information content (AvgIpc) is 2.01. The summed E-state index contributed by atoms with van der Waals surface area (Å²) >= 11 is 4.15. The third-order valence-corrected chi connectivity index (χ3v) is 1.76. The highest BCUT2D eigenvalue weighted by molar-refractivity contribution is 7.81. The first-order valence-electron chi connectivity index (χ1n) is 3.43. The summed E-state index contributed by atoms with van der Waals surface area (Å²) in [4.78, 5) is 9.78. The first kappa shape index (κ1) is 10.7. The topological polar surface area (TPSA) is 78.3 Å². The first-order chi connectivity index (χ1) is 5.20. The summed E-state index contributed by atoms with van der Waals surface area (Å²) in [6.07, 6.45) is 0.840. The lowest BCUT2D eigenvalue weighted by Gasteiger charge is -2.11. The Hall–Kier alpha value is -0.260. The van der Waals surface area contributed by atoms with Gasteiger partial charge in [-0.15, -0.1) is 0 Å². The highest BCUT2D eigenvalue weighted by atomic mass is 32.1. The van der Waals surface area contributed by atoms with Crippen molar-refractivity contribution < 1.29 is 9.53 Å². The van der Waals surface area contributed by atoms with E-state index in [0.717, 1.165) is 6.42 Å². The maximum atomic E-state index is 9.78. The van der Waals surface area contributed by atoms with Crippen molar-refractivity contribution in [1.82, 2.24) is 0 Å². The second-order valence-corrected chi connectivity index (χ2v) is 2.97. The minimum atomic E-state index is -0.520. The van der Waals surface area contributed by atoms with Crippen LogP contribution in [0.3, 0.4) is 0 Å². The van der Waals surface area contributed by atoms with E-state index < -0.39 is 6.23 Å². The SMILES string of the molecule is NCC(S)CCC(N)OC=O. The summed E-state index contributed by atoms with van der Waals surface area (Å²) in [5.74, 6) is 0. The smallest absolute Gasteiger partial charge is 0.294 e. The number of carbonyl (C=O) groups excluding carboxylic acids is 1. The van der Waals surface area contributed by atoms with E-state index in [1.165, 1.54) is 0 Å². The van der Waals surface area contributed by atoms with Crippen LogP contribution in [0.15, 0.2) is 0 Å². The van der Waals surface area contributed by atoms with E-state index >= 15 is 0 Å². The molecule has 0 aliphatic heterocycles. The number of hydrogen-bond donors (Lipinski definition) is 3. The van der Waals surface area contributed by atoms with Crippen molar-refractivity contribution >= 4 is 19.1 Å². The van der Waals surface area contributed by atoms with Crippen molar-refractivity contribution in [2.45, 2.75) is 24.3 Å². The zero-order valence-electron chi connectivity index (χ0n) is 6.27. The quantitative estimate of drug-likeness (QED) is 0.290. The van der Waals surface area contributed by atoms with Crippen molar-refractivity contribution in [2.24, 2.45) is 11.5 Å². The molecular formula is C6H14N2O2S. The largest absolute Gasteiger partial charge is 0.449 e. The van der Waals surface area contributed by atoms with Crippen molar-refractivity contribution in [3.63, 3.8) is 0 Å². The van der Waals surface area contributed by atoms with E-state index in [1.807, 2.05) is 0 Å². The molecule has 5 heteroatoms. The van der Waals surface area contributed by atoms with Crippen LogP contribution in [0.25, 0.3) is 0 Å². The lowest BCUT2D eigenvalue weighted by Crippen LogP contribution is -2.25. The van der Waals surface area contributed by atoms with Gasteiger partial charge in [0.1, 0.15) is 0 Å². The lowest BCUT2D eigenvalue weighted by atomic mass is 10.2. The molecule has 0 amide bonds. The summed E-state index contributed by atoms with van der Waals surface area (Å²) in [7, 11) is 0. The third kappa shape index (κ3) is 6.15. The van der Waals surface area contributed by atoms with E-state index in [2.05, 4.69) is 17.4 Å². The lowest BCUT2D eigenvalue weighted by molar-refractivity contribution is -0.133. The van der Waals surface area contributed by atoms with Crippen LogP contribution in [-0.4, -0.2) is 24.5 Å². The molecule has 0 aliphatic rings. The Bertz CT molecular complexity index is 113. The van der Waals surface area contributed by atoms with Crippen molar-refractivity contribution in [3.05, 3.63) is 0 Å². The third-order valence-electron chi connectivity index (χ3n) is 1.29. The van der Waals surface area contributed by atoms with Gasteiger partial charge in [0.2, 0.25) is 0 Å². The van der Waals surface area contributed by atoms with Crippen LogP contribution in [0, 0.1) is 0 Å². The van der Waals surface area contributed by atoms with Crippen LogP contribution in [-0.2, 0) is 9.53 Å². The molecule has 0 fully saturated rings. The van der Waals surface area contributed by atoms with E-state index in [9.17, 15) is 4.79 Å². The first-order valence-corrected chi connectivity index (χ1v) is 3.95. The van der Waals surface area contributed by atoms with E-state index in [1.54, 1.807) is 0 Å². The number of rotatable bonds is 6. The minimum Gasteiger partial charge on any atom is -0.449 e. The minimum absolute atomic E-state index is 0.135. The Balaban J connectivity index is 3.29. The number of ether oxygens (including phenoxy) is 1. The zero-order valence-corrected chi connectivity index (χ0v) is 7.17. The van der Waals surface area contributed by atoms with Gasteiger partial charge >= 0.3 is 0 Å². The molecule has 4 nitrogen and oxygen atoms in total. The van der Waals surface area contributed by atoms with Crippen LogP contribution in [0.2, 0.25) is 0 Å². The molecular weight excluding hydrogens is 164 g/mol. The molecule has 0 saturated heterocycles. The van der Waals surface area contributed by atoms with Gasteiger partial charge in [-0.1, -0.05) is 0 Å². The molecule has 2 atom stereocenters. The Morgan fingerprint density at radius 3 is 2.64 bits per heavy atom. The summed E-state index contributed by atoms with van der Waals surface area (Å²) in [5.41, 5.74) is 10.7. The van der Waals surface area contributed by atoms with Gasteiger partial charge in [0.05, 0.1) is 0 Å². The van der Waals surface area contributed by atoms with E-state index in [0.29, 0.717) is 19.4 Å². The predicted octanol–water partition coefficient (Wildman–Crippen LogP) is -0.519. The van der Waals surface area contributed by atoms with E-state index in [4.69, 9.17) is 11.5 Å². The molecule has 0 aromatic heterocycles.